The Morgan fingerprint density at radius 1 is 1.29 bits per heavy atom. The van der Waals surface area contributed by atoms with Crippen LogP contribution in [0.25, 0.3) is 0 Å². The summed E-state index contributed by atoms with van der Waals surface area (Å²) >= 11 is 0. The Labute approximate surface area is 98.0 Å². The lowest BCUT2D eigenvalue weighted by Gasteiger charge is -2.36. The molecule has 2 fully saturated rings. The van der Waals surface area contributed by atoms with Crippen LogP contribution in [0.15, 0.2) is 0 Å². The van der Waals surface area contributed by atoms with Crippen LogP contribution in [0.5, 0.6) is 0 Å². The van der Waals surface area contributed by atoms with Crippen LogP contribution in [0.3, 0.4) is 0 Å². The molecule has 0 unspecified atom stereocenters. The molecule has 86 valence electrons. The summed E-state index contributed by atoms with van der Waals surface area (Å²) < 4.78 is 5.61. The number of piperidine rings is 1. The molecule has 0 saturated carbocycles. The Morgan fingerprint density at radius 3 is 2.29 bits per heavy atom. The largest absolute Gasteiger partial charge is 0.376 e. The summed E-state index contributed by atoms with van der Waals surface area (Å²) in [5, 5.41) is 3.36. The van der Waals surface area contributed by atoms with Gasteiger partial charge in [0.2, 0.25) is 0 Å². The molecular weight excluding hydrogens is 223 g/mol. The van der Waals surface area contributed by atoms with E-state index < -0.39 is 0 Å². The summed E-state index contributed by atoms with van der Waals surface area (Å²) in [7, 11) is 0. The normalized spacial score (nSPS) is 34.7. The molecule has 2 rings (SSSR count). The van der Waals surface area contributed by atoms with E-state index in [1.807, 2.05) is 0 Å². The summed E-state index contributed by atoms with van der Waals surface area (Å²) in [6.45, 7) is 5.16. The van der Waals surface area contributed by atoms with Crippen molar-refractivity contribution in [2.45, 2.75) is 31.9 Å². The van der Waals surface area contributed by atoms with Gasteiger partial charge in [-0.2, -0.15) is 0 Å². The Kier molecular flexibility index (Phi) is 5.70. The van der Waals surface area contributed by atoms with Crippen LogP contribution < -0.4 is 11.1 Å². The third-order valence-corrected chi connectivity index (χ3v) is 3.45. The Bertz CT molecular complexity index is 169. The van der Waals surface area contributed by atoms with Gasteiger partial charge >= 0.3 is 0 Å². The molecule has 14 heavy (non-hydrogen) atoms. The molecule has 2 aliphatic heterocycles. The van der Waals surface area contributed by atoms with E-state index in [0.29, 0.717) is 5.41 Å². The first-order valence-electron chi connectivity index (χ1n) is 4.82. The van der Waals surface area contributed by atoms with Crippen molar-refractivity contribution in [1.82, 2.24) is 5.32 Å². The van der Waals surface area contributed by atoms with Crippen LogP contribution in [0.1, 0.15) is 19.8 Å². The van der Waals surface area contributed by atoms with E-state index in [1.165, 1.54) is 12.8 Å². The highest BCUT2D eigenvalue weighted by Crippen LogP contribution is 2.39. The Morgan fingerprint density at radius 2 is 1.86 bits per heavy atom. The van der Waals surface area contributed by atoms with Crippen LogP contribution in [-0.2, 0) is 4.74 Å². The number of hydrogen-bond acceptors (Lipinski definition) is 3. The van der Waals surface area contributed by atoms with E-state index in [9.17, 15) is 0 Å². The molecule has 0 amide bonds. The first-order chi connectivity index (χ1) is 5.75. The van der Waals surface area contributed by atoms with Crippen molar-refractivity contribution in [3.63, 3.8) is 0 Å². The highest BCUT2D eigenvalue weighted by molar-refractivity contribution is 5.85. The quantitative estimate of drug-likeness (QED) is 0.665. The van der Waals surface area contributed by atoms with Crippen LogP contribution >= 0.6 is 24.8 Å². The molecule has 2 heterocycles. The molecule has 0 aromatic heterocycles. The lowest BCUT2D eigenvalue weighted by Crippen LogP contribution is -2.49. The van der Waals surface area contributed by atoms with Gasteiger partial charge in [-0.05, 0) is 32.9 Å². The first-order valence-corrected chi connectivity index (χ1v) is 4.82. The Hall–Kier alpha value is 0.460. The fourth-order valence-electron chi connectivity index (χ4n) is 2.40. The second kappa shape index (κ2) is 5.52. The topological polar surface area (TPSA) is 47.3 Å². The van der Waals surface area contributed by atoms with Gasteiger partial charge in [0.05, 0.1) is 12.7 Å². The number of halogens is 2. The van der Waals surface area contributed by atoms with E-state index >= 15 is 0 Å². The summed E-state index contributed by atoms with van der Waals surface area (Å²) in [5.41, 5.74) is 6.43. The second-order valence-corrected chi connectivity index (χ2v) is 4.15. The number of ether oxygens (including phenoxy) is 1. The minimum atomic E-state index is 0. The van der Waals surface area contributed by atoms with Crippen LogP contribution in [0.2, 0.25) is 0 Å². The van der Waals surface area contributed by atoms with Crippen molar-refractivity contribution >= 4 is 24.8 Å². The van der Waals surface area contributed by atoms with Gasteiger partial charge in [0.25, 0.3) is 0 Å². The van der Waals surface area contributed by atoms with E-state index in [0.717, 1.165) is 19.7 Å². The molecule has 2 aliphatic rings. The minimum absolute atomic E-state index is 0. The van der Waals surface area contributed by atoms with Crippen LogP contribution in [0.4, 0.5) is 0 Å². The lowest BCUT2D eigenvalue weighted by molar-refractivity contribution is 0.0952. The summed E-state index contributed by atoms with van der Waals surface area (Å²) in [5.74, 6) is 0. The summed E-state index contributed by atoms with van der Waals surface area (Å²) in [4.78, 5) is 0. The smallest absolute Gasteiger partial charge is 0.0704 e. The van der Waals surface area contributed by atoms with Gasteiger partial charge < -0.3 is 15.8 Å². The van der Waals surface area contributed by atoms with E-state index in [2.05, 4.69) is 12.2 Å². The van der Waals surface area contributed by atoms with E-state index in [4.69, 9.17) is 10.5 Å². The standard InChI is InChI=1S/C9H18N2O.2ClH/c1-7-8(10)9(6-12-7)2-4-11-5-3-9;;/h7-8,11H,2-6,10H2,1H3;2*1H/t7-,8-;;/m0../s1. The SMILES string of the molecule is C[C@@H]1OCC2(CCNCC2)[C@H]1N.Cl.Cl. The summed E-state index contributed by atoms with van der Waals surface area (Å²) in [6.07, 6.45) is 2.61. The van der Waals surface area contributed by atoms with Crippen molar-refractivity contribution in [2.24, 2.45) is 11.1 Å². The molecule has 1 spiro atoms. The zero-order valence-corrected chi connectivity index (χ0v) is 10.1. The molecule has 2 saturated heterocycles. The van der Waals surface area contributed by atoms with Crippen molar-refractivity contribution in [2.75, 3.05) is 19.7 Å². The first kappa shape index (κ1) is 14.5. The predicted octanol–water partition coefficient (Wildman–Crippen LogP) is 0.946. The minimum Gasteiger partial charge on any atom is -0.376 e. The fraction of sp³-hybridized carbons (Fsp3) is 1.00. The van der Waals surface area contributed by atoms with E-state index in [-0.39, 0.29) is 37.0 Å². The Balaban J connectivity index is 0.000000845. The highest BCUT2D eigenvalue weighted by atomic mass is 35.5. The van der Waals surface area contributed by atoms with Crippen molar-refractivity contribution in [3.8, 4) is 0 Å². The molecule has 0 bridgehead atoms. The van der Waals surface area contributed by atoms with Crippen LogP contribution in [0, 0.1) is 5.41 Å². The van der Waals surface area contributed by atoms with Crippen molar-refractivity contribution < 1.29 is 4.74 Å². The molecule has 0 aromatic carbocycles. The molecule has 0 aromatic rings. The van der Waals surface area contributed by atoms with Gasteiger partial charge in [0.1, 0.15) is 0 Å². The maximum absolute atomic E-state index is 6.14. The monoisotopic (exact) mass is 242 g/mol. The van der Waals surface area contributed by atoms with Gasteiger partial charge in [-0.1, -0.05) is 0 Å². The van der Waals surface area contributed by atoms with Gasteiger partial charge in [-0.3, -0.25) is 0 Å². The third kappa shape index (κ3) is 2.34. The van der Waals surface area contributed by atoms with Gasteiger partial charge in [0, 0.05) is 11.5 Å². The number of rotatable bonds is 0. The average Bonchev–Trinajstić information content (AvgIpc) is 2.37. The maximum Gasteiger partial charge on any atom is 0.0704 e. The number of nitrogens with one attached hydrogen (secondary N) is 1. The zero-order valence-electron chi connectivity index (χ0n) is 8.49. The molecule has 2 atom stereocenters. The fourth-order valence-corrected chi connectivity index (χ4v) is 2.40. The van der Waals surface area contributed by atoms with Gasteiger partial charge in [0.15, 0.2) is 0 Å². The predicted molar refractivity (Wildman–Crippen MR) is 62.4 cm³/mol. The molecule has 0 aliphatic carbocycles. The van der Waals surface area contributed by atoms with Gasteiger partial charge in [-0.15, -0.1) is 24.8 Å². The molecular formula is C9H20Cl2N2O. The lowest BCUT2D eigenvalue weighted by atomic mass is 9.74. The van der Waals surface area contributed by atoms with Crippen molar-refractivity contribution in [1.29, 1.82) is 0 Å². The number of nitrogens with two attached hydrogens (primary N) is 1. The molecule has 0 radical (unpaired) electrons. The summed E-state index contributed by atoms with van der Waals surface area (Å²) in [6, 6.07) is 0.250. The molecule has 3 N–H and O–H groups in total. The van der Waals surface area contributed by atoms with E-state index in [1.54, 1.807) is 0 Å². The second-order valence-electron chi connectivity index (χ2n) is 4.15. The van der Waals surface area contributed by atoms with Crippen molar-refractivity contribution in [3.05, 3.63) is 0 Å². The molecule has 5 heteroatoms. The highest BCUT2D eigenvalue weighted by Gasteiger charge is 2.46. The maximum atomic E-state index is 6.14. The number of hydrogen-bond donors (Lipinski definition) is 2. The third-order valence-electron chi connectivity index (χ3n) is 3.45. The van der Waals surface area contributed by atoms with Crippen LogP contribution in [-0.4, -0.2) is 31.8 Å². The average molecular weight is 243 g/mol. The van der Waals surface area contributed by atoms with Gasteiger partial charge in [-0.25, -0.2) is 0 Å². The molecule has 3 nitrogen and oxygen atoms in total. The zero-order chi connectivity index (χ0) is 8.60.